The Kier molecular flexibility index (Phi) is 7.27. The zero-order valence-corrected chi connectivity index (χ0v) is 16.8. The number of nitrogens with zero attached hydrogens (tertiary/aromatic N) is 3. The van der Waals surface area contributed by atoms with Crippen molar-refractivity contribution in [2.75, 3.05) is 37.6 Å². The van der Waals surface area contributed by atoms with Crippen LogP contribution >= 0.6 is 0 Å². The molecule has 1 amide bonds. The number of carbonyl (C=O) groups is 1. The first-order valence-electron chi connectivity index (χ1n) is 10.4. The number of benzene rings is 1. The van der Waals surface area contributed by atoms with Gasteiger partial charge in [0, 0.05) is 32.2 Å². The fourth-order valence-corrected chi connectivity index (χ4v) is 4.39. The van der Waals surface area contributed by atoms with E-state index in [0.717, 1.165) is 75.6 Å². The molecule has 1 aromatic carbocycles. The van der Waals surface area contributed by atoms with Crippen LogP contribution in [0.25, 0.3) is 0 Å². The van der Waals surface area contributed by atoms with Crippen LogP contribution in [0, 0.1) is 30.0 Å². The molecular formula is C22H31FN4O. The zero-order chi connectivity index (χ0) is 19.9. The Morgan fingerprint density at radius 2 is 1.93 bits per heavy atom. The van der Waals surface area contributed by atoms with Crippen molar-refractivity contribution in [3.8, 4) is 6.07 Å². The third-order valence-electron chi connectivity index (χ3n) is 6.12. The summed E-state index contributed by atoms with van der Waals surface area (Å²) in [6.45, 7) is 6.80. The first-order valence-corrected chi connectivity index (χ1v) is 10.4. The second kappa shape index (κ2) is 9.88. The summed E-state index contributed by atoms with van der Waals surface area (Å²) in [5.41, 5.74) is 1.83. The number of nitrogens with one attached hydrogen (secondary N) is 1. The summed E-state index contributed by atoms with van der Waals surface area (Å²) < 4.78 is 14.1. The van der Waals surface area contributed by atoms with Gasteiger partial charge in [0.05, 0.1) is 11.8 Å². The molecule has 2 aliphatic rings. The average Bonchev–Trinajstić information content (AvgIpc) is 2.70. The lowest BCUT2D eigenvalue weighted by molar-refractivity contribution is -0.121. The fourth-order valence-electron chi connectivity index (χ4n) is 4.39. The minimum atomic E-state index is -0.145. The Bertz CT molecular complexity index is 701. The standard InChI is InChI=1S/C22H31FN4O/c1-17-2-7-20(23)21(16-17)27-14-12-26(13-15-27)11-9-18-3-5-19(6-4-18)25-22(28)8-10-24/h2,7,16,18-19H,3-6,8-9,11-15H2,1H3,(H,25,28). The molecular weight excluding hydrogens is 355 g/mol. The normalized spacial score (nSPS) is 23.2. The van der Waals surface area contributed by atoms with Gasteiger partial charge in [0.25, 0.3) is 0 Å². The van der Waals surface area contributed by atoms with Crippen molar-refractivity contribution < 1.29 is 9.18 Å². The van der Waals surface area contributed by atoms with Crippen LogP contribution in [-0.2, 0) is 4.79 Å². The number of rotatable bonds is 6. The minimum absolute atomic E-state index is 0.0433. The van der Waals surface area contributed by atoms with E-state index >= 15 is 0 Å². The number of hydrogen-bond acceptors (Lipinski definition) is 4. The predicted octanol–water partition coefficient (Wildman–Crippen LogP) is 3.23. The molecule has 3 rings (SSSR count). The van der Waals surface area contributed by atoms with Crippen molar-refractivity contribution in [2.24, 2.45) is 5.92 Å². The van der Waals surface area contributed by atoms with Crippen LogP contribution in [0.3, 0.4) is 0 Å². The van der Waals surface area contributed by atoms with Crippen molar-refractivity contribution in [3.63, 3.8) is 0 Å². The Morgan fingerprint density at radius 1 is 1.21 bits per heavy atom. The van der Waals surface area contributed by atoms with E-state index in [9.17, 15) is 9.18 Å². The van der Waals surface area contributed by atoms with E-state index in [2.05, 4.69) is 15.1 Å². The molecule has 0 aromatic heterocycles. The number of nitriles is 1. The first kappa shape index (κ1) is 20.6. The van der Waals surface area contributed by atoms with Crippen LogP contribution in [0.15, 0.2) is 18.2 Å². The summed E-state index contributed by atoms with van der Waals surface area (Å²) >= 11 is 0. The Labute approximate surface area is 167 Å². The molecule has 0 atom stereocenters. The summed E-state index contributed by atoms with van der Waals surface area (Å²) in [5.74, 6) is 0.447. The van der Waals surface area contributed by atoms with Gasteiger partial charge in [-0.3, -0.25) is 9.69 Å². The third-order valence-corrected chi connectivity index (χ3v) is 6.12. The van der Waals surface area contributed by atoms with Crippen molar-refractivity contribution in [1.82, 2.24) is 10.2 Å². The highest BCUT2D eigenvalue weighted by molar-refractivity contribution is 5.78. The third kappa shape index (κ3) is 5.68. The predicted molar refractivity (Wildman–Crippen MR) is 109 cm³/mol. The van der Waals surface area contributed by atoms with Gasteiger partial charge >= 0.3 is 0 Å². The molecule has 6 heteroatoms. The summed E-state index contributed by atoms with van der Waals surface area (Å²) in [4.78, 5) is 16.2. The topological polar surface area (TPSA) is 59.4 Å². The molecule has 0 unspecified atom stereocenters. The molecule has 2 fully saturated rings. The molecule has 1 saturated heterocycles. The van der Waals surface area contributed by atoms with Crippen LogP contribution in [0.1, 0.15) is 44.1 Å². The molecule has 5 nitrogen and oxygen atoms in total. The van der Waals surface area contributed by atoms with Gasteiger partial charge in [0.15, 0.2) is 0 Å². The van der Waals surface area contributed by atoms with Crippen LogP contribution in [0.5, 0.6) is 0 Å². The number of hydrogen-bond donors (Lipinski definition) is 1. The molecule has 0 spiro atoms. The maximum Gasteiger partial charge on any atom is 0.234 e. The highest BCUT2D eigenvalue weighted by atomic mass is 19.1. The second-order valence-electron chi connectivity index (χ2n) is 8.19. The Hall–Kier alpha value is -2.13. The summed E-state index contributed by atoms with van der Waals surface area (Å²) in [5, 5.41) is 11.5. The monoisotopic (exact) mass is 386 g/mol. The highest BCUT2D eigenvalue weighted by Crippen LogP contribution is 2.28. The number of halogens is 1. The minimum Gasteiger partial charge on any atom is -0.367 e. The molecule has 1 aromatic rings. The van der Waals surface area contributed by atoms with Crippen LogP contribution in [0.4, 0.5) is 10.1 Å². The Balaban J connectivity index is 1.36. The molecule has 1 heterocycles. The lowest BCUT2D eigenvalue weighted by atomic mass is 9.84. The van der Waals surface area contributed by atoms with Gasteiger partial charge in [-0.05, 0) is 69.2 Å². The van der Waals surface area contributed by atoms with Crippen LogP contribution in [0.2, 0.25) is 0 Å². The van der Waals surface area contributed by atoms with Crippen molar-refractivity contribution >= 4 is 11.6 Å². The molecule has 0 radical (unpaired) electrons. The van der Waals surface area contributed by atoms with E-state index in [1.54, 1.807) is 6.07 Å². The van der Waals surface area contributed by atoms with Gasteiger partial charge in [-0.2, -0.15) is 5.26 Å². The fraction of sp³-hybridized carbons (Fsp3) is 0.636. The molecule has 152 valence electrons. The molecule has 0 bridgehead atoms. The van der Waals surface area contributed by atoms with Gasteiger partial charge in [-0.1, -0.05) is 6.07 Å². The van der Waals surface area contributed by atoms with Gasteiger partial charge in [-0.15, -0.1) is 0 Å². The van der Waals surface area contributed by atoms with Gasteiger partial charge in [-0.25, -0.2) is 4.39 Å². The maximum atomic E-state index is 14.1. The van der Waals surface area contributed by atoms with Crippen molar-refractivity contribution in [1.29, 1.82) is 5.26 Å². The highest BCUT2D eigenvalue weighted by Gasteiger charge is 2.24. The smallest absolute Gasteiger partial charge is 0.234 e. The van der Waals surface area contributed by atoms with Gasteiger partial charge < -0.3 is 10.2 Å². The van der Waals surface area contributed by atoms with Crippen LogP contribution in [-0.4, -0.2) is 49.6 Å². The molecule has 1 aliphatic heterocycles. The van der Waals surface area contributed by atoms with Crippen LogP contribution < -0.4 is 10.2 Å². The number of piperazine rings is 1. The molecule has 1 saturated carbocycles. The van der Waals surface area contributed by atoms with E-state index in [1.807, 2.05) is 25.1 Å². The van der Waals surface area contributed by atoms with Gasteiger partial charge in [0.1, 0.15) is 12.2 Å². The second-order valence-corrected chi connectivity index (χ2v) is 8.19. The van der Waals surface area contributed by atoms with E-state index in [0.29, 0.717) is 0 Å². The van der Waals surface area contributed by atoms with Crippen molar-refractivity contribution in [2.45, 2.75) is 51.5 Å². The molecule has 1 aliphatic carbocycles. The largest absolute Gasteiger partial charge is 0.367 e. The molecule has 1 N–H and O–H groups in total. The summed E-state index contributed by atoms with van der Waals surface area (Å²) in [7, 11) is 0. The lowest BCUT2D eigenvalue weighted by Crippen LogP contribution is -2.47. The number of aryl methyl sites for hydroxylation is 1. The van der Waals surface area contributed by atoms with E-state index < -0.39 is 0 Å². The first-order chi connectivity index (χ1) is 13.5. The van der Waals surface area contributed by atoms with E-state index in [4.69, 9.17) is 5.26 Å². The molecule has 28 heavy (non-hydrogen) atoms. The van der Waals surface area contributed by atoms with Gasteiger partial charge in [0.2, 0.25) is 5.91 Å². The number of carbonyl (C=O) groups excluding carboxylic acids is 1. The maximum absolute atomic E-state index is 14.1. The lowest BCUT2D eigenvalue weighted by Gasteiger charge is -2.37. The van der Waals surface area contributed by atoms with E-state index in [1.165, 1.54) is 6.42 Å². The summed E-state index contributed by atoms with van der Waals surface area (Å²) in [6.07, 6.45) is 5.47. The Morgan fingerprint density at radius 3 is 2.61 bits per heavy atom. The van der Waals surface area contributed by atoms with Crippen molar-refractivity contribution in [3.05, 3.63) is 29.6 Å². The average molecular weight is 387 g/mol. The summed E-state index contributed by atoms with van der Waals surface area (Å²) in [6, 6.07) is 7.47. The SMILES string of the molecule is Cc1ccc(F)c(N2CCN(CCC3CCC(NC(=O)CC#N)CC3)CC2)c1. The number of anilines is 1. The quantitative estimate of drug-likeness (QED) is 0.815. The number of amides is 1. The zero-order valence-electron chi connectivity index (χ0n) is 16.8. The van der Waals surface area contributed by atoms with E-state index in [-0.39, 0.29) is 24.2 Å².